The zero-order valence-electron chi connectivity index (χ0n) is 16.6. The van der Waals surface area contributed by atoms with Crippen molar-refractivity contribution in [1.82, 2.24) is 19.6 Å². The van der Waals surface area contributed by atoms with Crippen LogP contribution in [0.2, 0.25) is 10.0 Å². The van der Waals surface area contributed by atoms with Gasteiger partial charge in [0.25, 0.3) is 0 Å². The number of anilines is 1. The van der Waals surface area contributed by atoms with Crippen molar-refractivity contribution in [2.45, 2.75) is 24.4 Å². The van der Waals surface area contributed by atoms with Gasteiger partial charge in [0.1, 0.15) is 4.90 Å². The molecule has 0 spiro atoms. The van der Waals surface area contributed by atoms with Crippen LogP contribution >= 0.6 is 23.2 Å². The molecule has 4 rings (SSSR count). The number of sulfonamides is 1. The maximum absolute atomic E-state index is 12.6. The fraction of sp³-hybridized carbons (Fsp3) is 0.421. The molecule has 1 aromatic heterocycles. The van der Waals surface area contributed by atoms with Gasteiger partial charge in [0, 0.05) is 44.4 Å². The molecule has 0 unspecified atom stereocenters. The Morgan fingerprint density at radius 1 is 1.16 bits per heavy atom. The fourth-order valence-corrected chi connectivity index (χ4v) is 5.67. The van der Waals surface area contributed by atoms with Gasteiger partial charge < -0.3 is 14.5 Å². The van der Waals surface area contributed by atoms with E-state index in [0.717, 1.165) is 24.3 Å². The summed E-state index contributed by atoms with van der Waals surface area (Å²) in [6.45, 7) is 3.45. The number of rotatable bonds is 6. The highest BCUT2D eigenvalue weighted by atomic mass is 35.5. The van der Waals surface area contributed by atoms with E-state index in [0.29, 0.717) is 32.3 Å². The Labute approximate surface area is 190 Å². The number of carbonyl (C=O) groups excluding carboxylic acids is 1. The standard InChI is InChI=1S/C19H21Cl2N5O4S/c20-14-2-1-3-15(21)18(14)31(28,29)23-5-4-17(27)26-11-13-10-22-19(24-16(13)12-26)25-6-8-30-9-7-25/h1-3,10,23H,4-9,11-12H2. The van der Waals surface area contributed by atoms with Crippen LogP contribution in [0.4, 0.5) is 5.95 Å². The molecule has 12 heteroatoms. The van der Waals surface area contributed by atoms with Crippen LogP contribution in [0.25, 0.3) is 0 Å². The lowest BCUT2D eigenvalue weighted by Gasteiger charge is -2.26. The molecule has 1 fully saturated rings. The van der Waals surface area contributed by atoms with E-state index in [9.17, 15) is 13.2 Å². The molecule has 1 amide bonds. The third kappa shape index (κ3) is 4.93. The molecule has 0 atom stereocenters. The molecule has 0 aliphatic carbocycles. The molecule has 1 saturated heterocycles. The average Bonchev–Trinajstić information content (AvgIpc) is 3.17. The number of amides is 1. The monoisotopic (exact) mass is 485 g/mol. The van der Waals surface area contributed by atoms with Crippen LogP contribution in [0.15, 0.2) is 29.3 Å². The van der Waals surface area contributed by atoms with Crippen molar-refractivity contribution in [1.29, 1.82) is 0 Å². The second kappa shape index (κ2) is 9.25. The summed E-state index contributed by atoms with van der Waals surface area (Å²) >= 11 is 12.0. The van der Waals surface area contributed by atoms with E-state index in [2.05, 4.69) is 19.6 Å². The maximum Gasteiger partial charge on any atom is 0.243 e. The SMILES string of the molecule is O=C(CCNS(=O)(=O)c1c(Cl)cccc1Cl)N1Cc2cnc(N3CCOCC3)nc2C1. The Bertz CT molecular complexity index is 1070. The van der Waals surface area contributed by atoms with Crippen LogP contribution in [0, 0.1) is 0 Å². The molecule has 9 nitrogen and oxygen atoms in total. The highest BCUT2D eigenvalue weighted by molar-refractivity contribution is 7.89. The topological polar surface area (TPSA) is 105 Å². The minimum absolute atomic E-state index is 0.000953. The van der Waals surface area contributed by atoms with Crippen molar-refractivity contribution in [3.05, 3.63) is 45.7 Å². The molecule has 0 bridgehead atoms. The zero-order chi connectivity index (χ0) is 22.0. The molecule has 2 aliphatic rings. The summed E-state index contributed by atoms with van der Waals surface area (Å²) < 4.78 is 32.8. The number of benzene rings is 1. The van der Waals surface area contributed by atoms with Crippen LogP contribution in [0.1, 0.15) is 17.7 Å². The highest BCUT2D eigenvalue weighted by Gasteiger charge is 2.27. The van der Waals surface area contributed by atoms with Gasteiger partial charge in [-0.3, -0.25) is 4.79 Å². The van der Waals surface area contributed by atoms with Gasteiger partial charge >= 0.3 is 0 Å². The van der Waals surface area contributed by atoms with Crippen molar-refractivity contribution in [2.24, 2.45) is 0 Å². The van der Waals surface area contributed by atoms with Crippen molar-refractivity contribution in [2.75, 3.05) is 37.7 Å². The van der Waals surface area contributed by atoms with E-state index < -0.39 is 10.0 Å². The van der Waals surface area contributed by atoms with Gasteiger partial charge in [-0.2, -0.15) is 0 Å². The minimum Gasteiger partial charge on any atom is -0.378 e. The van der Waals surface area contributed by atoms with Crippen LogP contribution < -0.4 is 9.62 Å². The summed E-state index contributed by atoms with van der Waals surface area (Å²) in [5.41, 5.74) is 1.71. The zero-order valence-corrected chi connectivity index (χ0v) is 18.9. The number of ether oxygens (including phenoxy) is 1. The Morgan fingerprint density at radius 2 is 1.87 bits per heavy atom. The third-order valence-electron chi connectivity index (χ3n) is 5.11. The largest absolute Gasteiger partial charge is 0.378 e. The first-order valence-corrected chi connectivity index (χ1v) is 12.0. The van der Waals surface area contributed by atoms with E-state index in [-0.39, 0.29) is 33.8 Å². The van der Waals surface area contributed by atoms with E-state index in [4.69, 9.17) is 27.9 Å². The number of aromatic nitrogens is 2. The van der Waals surface area contributed by atoms with Crippen LogP contribution in [-0.2, 0) is 32.6 Å². The van der Waals surface area contributed by atoms with Gasteiger partial charge in [0.05, 0.1) is 35.5 Å². The fourth-order valence-electron chi connectivity index (χ4n) is 3.50. The molecular weight excluding hydrogens is 465 g/mol. The first kappa shape index (κ1) is 22.2. The van der Waals surface area contributed by atoms with Crippen molar-refractivity contribution in [3.63, 3.8) is 0 Å². The molecule has 1 N–H and O–H groups in total. The van der Waals surface area contributed by atoms with E-state index in [1.165, 1.54) is 12.1 Å². The van der Waals surface area contributed by atoms with Gasteiger partial charge in [0.15, 0.2) is 0 Å². The highest BCUT2D eigenvalue weighted by Crippen LogP contribution is 2.29. The Balaban J connectivity index is 1.34. The van der Waals surface area contributed by atoms with Gasteiger partial charge in [-0.15, -0.1) is 0 Å². The number of nitrogens with zero attached hydrogens (tertiary/aromatic N) is 4. The summed E-state index contributed by atoms with van der Waals surface area (Å²) in [5, 5.41) is 0.0481. The second-order valence-electron chi connectivity index (χ2n) is 7.19. The molecule has 166 valence electrons. The Hall–Kier alpha value is -1.98. The van der Waals surface area contributed by atoms with Gasteiger partial charge in [-0.05, 0) is 12.1 Å². The number of morpholine rings is 1. The quantitative estimate of drug-likeness (QED) is 0.665. The maximum atomic E-state index is 12.6. The summed E-state index contributed by atoms with van der Waals surface area (Å²) in [6.07, 6.45) is 1.75. The number of nitrogens with one attached hydrogen (secondary N) is 1. The summed E-state index contributed by atoms with van der Waals surface area (Å²) in [5.74, 6) is 0.458. The predicted molar refractivity (Wildman–Crippen MR) is 116 cm³/mol. The summed E-state index contributed by atoms with van der Waals surface area (Å²) in [7, 11) is -3.94. The lowest BCUT2D eigenvalue weighted by atomic mass is 10.3. The molecule has 31 heavy (non-hydrogen) atoms. The number of fused-ring (bicyclic) bond motifs is 1. The molecule has 1 aromatic carbocycles. The van der Waals surface area contributed by atoms with Gasteiger partial charge in [-0.1, -0.05) is 29.3 Å². The third-order valence-corrected chi connectivity index (χ3v) is 7.52. The van der Waals surface area contributed by atoms with E-state index in [1.54, 1.807) is 17.2 Å². The Morgan fingerprint density at radius 3 is 2.58 bits per heavy atom. The number of hydrogen-bond donors (Lipinski definition) is 1. The lowest BCUT2D eigenvalue weighted by molar-refractivity contribution is -0.131. The van der Waals surface area contributed by atoms with Crippen molar-refractivity contribution >= 4 is 45.1 Å². The molecule has 0 saturated carbocycles. The van der Waals surface area contributed by atoms with Crippen LogP contribution in [-0.4, -0.2) is 62.0 Å². The van der Waals surface area contributed by atoms with Crippen LogP contribution in [0.3, 0.4) is 0 Å². The minimum atomic E-state index is -3.94. The second-order valence-corrected chi connectivity index (χ2v) is 9.71. The predicted octanol–water partition coefficient (Wildman–Crippen LogP) is 1.83. The number of halogens is 2. The number of carbonyl (C=O) groups is 1. The molecule has 3 heterocycles. The van der Waals surface area contributed by atoms with Crippen molar-refractivity contribution < 1.29 is 17.9 Å². The van der Waals surface area contributed by atoms with Crippen molar-refractivity contribution in [3.8, 4) is 0 Å². The van der Waals surface area contributed by atoms with Gasteiger partial charge in [-0.25, -0.2) is 23.1 Å². The molecule has 2 aliphatic heterocycles. The molecule has 2 aromatic rings. The summed E-state index contributed by atoms with van der Waals surface area (Å²) in [6, 6.07) is 4.45. The Kier molecular flexibility index (Phi) is 6.63. The molecule has 0 radical (unpaired) electrons. The average molecular weight is 486 g/mol. The first-order valence-electron chi connectivity index (χ1n) is 9.74. The van der Waals surface area contributed by atoms with E-state index >= 15 is 0 Å². The molecular formula is C19H21Cl2N5O4S. The van der Waals surface area contributed by atoms with Gasteiger partial charge in [0.2, 0.25) is 21.9 Å². The normalized spacial score (nSPS) is 16.5. The lowest BCUT2D eigenvalue weighted by Crippen LogP contribution is -2.37. The van der Waals surface area contributed by atoms with Crippen LogP contribution in [0.5, 0.6) is 0 Å². The number of hydrogen-bond acceptors (Lipinski definition) is 7. The first-order chi connectivity index (χ1) is 14.8. The van der Waals surface area contributed by atoms with E-state index in [1.807, 2.05) is 0 Å². The summed E-state index contributed by atoms with van der Waals surface area (Å²) in [4.78, 5) is 25.2. The smallest absolute Gasteiger partial charge is 0.243 e.